The molecule has 1 heterocycles. The maximum Gasteiger partial charge on any atom is 0.253 e. The van der Waals surface area contributed by atoms with Gasteiger partial charge in [-0.05, 0) is 50.2 Å². The Bertz CT molecular complexity index is 614. The number of carbonyl (C=O) groups is 1. The Morgan fingerprint density at radius 3 is 2.71 bits per heavy atom. The fraction of sp³-hybridized carbons (Fsp3) is 0.250. The van der Waals surface area contributed by atoms with Gasteiger partial charge in [0.2, 0.25) is 0 Å². The van der Waals surface area contributed by atoms with Gasteiger partial charge in [0.15, 0.2) is 0 Å². The van der Waals surface area contributed by atoms with E-state index in [1.54, 1.807) is 37.4 Å². The lowest BCUT2D eigenvalue weighted by molar-refractivity contribution is 0.0931. The molecule has 5 heteroatoms. The van der Waals surface area contributed by atoms with E-state index in [1.807, 2.05) is 6.92 Å². The fourth-order valence-electron chi connectivity index (χ4n) is 1.84. The van der Waals surface area contributed by atoms with Crippen molar-refractivity contribution in [2.24, 2.45) is 0 Å². The van der Waals surface area contributed by atoms with Crippen LogP contribution in [0, 0.1) is 12.7 Å². The van der Waals surface area contributed by atoms with Crippen LogP contribution in [0.3, 0.4) is 0 Å². The second kappa shape index (κ2) is 6.83. The first kappa shape index (κ1) is 15.0. The van der Waals surface area contributed by atoms with Crippen LogP contribution in [0.15, 0.2) is 42.6 Å². The normalized spacial score (nSPS) is 11.8. The SMILES string of the molecule is Cc1ncccc1C(=O)NC[C@H](C)Oc1ccc(F)cc1. The van der Waals surface area contributed by atoms with Crippen molar-refractivity contribution >= 4 is 5.91 Å². The largest absolute Gasteiger partial charge is 0.489 e. The summed E-state index contributed by atoms with van der Waals surface area (Å²) in [6.45, 7) is 3.97. The van der Waals surface area contributed by atoms with Gasteiger partial charge in [-0.25, -0.2) is 4.39 Å². The maximum absolute atomic E-state index is 12.8. The summed E-state index contributed by atoms with van der Waals surface area (Å²) < 4.78 is 18.4. The highest BCUT2D eigenvalue weighted by molar-refractivity contribution is 5.95. The predicted octanol–water partition coefficient (Wildman–Crippen LogP) is 2.73. The van der Waals surface area contributed by atoms with E-state index in [-0.39, 0.29) is 17.8 Å². The van der Waals surface area contributed by atoms with Crippen LogP contribution >= 0.6 is 0 Å². The van der Waals surface area contributed by atoms with Crippen LogP contribution in [0.5, 0.6) is 5.75 Å². The van der Waals surface area contributed by atoms with Crippen LogP contribution in [-0.4, -0.2) is 23.5 Å². The molecule has 0 spiro atoms. The minimum absolute atomic E-state index is 0.185. The number of amides is 1. The minimum atomic E-state index is -0.310. The number of hydrogen-bond acceptors (Lipinski definition) is 3. The molecule has 0 fully saturated rings. The topological polar surface area (TPSA) is 51.2 Å². The van der Waals surface area contributed by atoms with Crippen molar-refractivity contribution in [1.82, 2.24) is 10.3 Å². The number of benzene rings is 1. The summed E-state index contributed by atoms with van der Waals surface area (Å²) in [4.78, 5) is 16.1. The standard InChI is InChI=1S/C16H17FN2O2/c1-11(21-14-7-5-13(17)6-8-14)10-19-16(20)15-4-3-9-18-12(15)2/h3-9,11H,10H2,1-2H3,(H,19,20)/t11-/m0/s1. The zero-order chi connectivity index (χ0) is 15.2. The lowest BCUT2D eigenvalue weighted by Crippen LogP contribution is -2.34. The predicted molar refractivity (Wildman–Crippen MR) is 77.8 cm³/mol. The third kappa shape index (κ3) is 4.27. The Kier molecular flexibility index (Phi) is 4.87. The first-order chi connectivity index (χ1) is 10.1. The van der Waals surface area contributed by atoms with Gasteiger partial charge in [-0.3, -0.25) is 9.78 Å². The fourth-order valence-corrected chi connectivity index (χ4v) is 1.84. The summed E-state index contributed by atoms with van der Waals surface area (Å²) >= 11 is 0. The summed E-state index contributed by atoms with van der Waals surface area (Å²) in [5.74, 6) is 0.0706. The van der Waals surface area contributed by atoms with Gasteiger partial charge in [0.05, 0.1) is 12.1 Å². The smallest absolute Gasteiger partial charge is 0.253 e. The van der Waals surface area contributed by atoms with Gasteiger partial charge in [-0.1, -0.05) is 0 Å². The summed E-state index contributed by atoms with van der Waals surface area (Å²) in [5, 5.41) is 2.79. The van der Waals surface area contributed by atoms with Crippen molar-refractivity contribution in [3.63, 3.8) is 0 Å². The number of aryl methyl sites for hydroxylation is 1. The summed E-state index contributed by atoms with van der Waals surface area (Å²) in [6, 6.07) is 9.22. The van der Waals surface area contributed by atoms with E-state index in [1.165, 1.54) is 12.1 Å². The molecule has 1 N–H and O–H groups in total. The molecule has 1 amide bonds. The Morgan fingerprint density at radius 1 is 1.33 bits per heavy atom. The lowest BCUT2D eigenvalue weighted by Gasteiger charge is -2.15. The number of carbonyl (C=O) groups excluding carboxylic acids is 1. The molecule has 1 aromatic carbocycles. The number of nitrogens with one attached hydrogen (secondary N) is 1. The zero-order valence-corrected chi connectivity index (χ0v) is 12.0. The Balaban J connectivity index is 1.86. The monoisotopic (exact) mass is 288 g/mol. The Morgan fingerprint density at radius 2 is 2.05 bits per heavy atom. The molecule has 0 radical (unpaired) electrons. The Labute approximate surface area is 123 Å². The van der Waals surface area contributed by atoms with E-state index >= 15 is 0 Å². The maximum atomic E-state index is 12.8. The molecule has 1 aromatic heterocycles. The zero-order valence-electron chi connectivity index (χ0n) is 12.0. The van der Waals surface area contributed by atoms with Crippen molar-refractivity contribution < 1.29 is 13.9 Å². The summed E-state index contributed by atoms with van der Waals surface area (Å²) in [7, 11) is 0. The molecule has 0 saturated heterocycles. The molecule has 110 valence electrons. The molecular formula is C16H17FN2O2. The third-order valence-corrected chi connectivity index (χ3v) is 2.95. The van der Waals surface area contributed by atoms with E-state index in [9.17, 15) is 9.18 Å². The molecule has 2 aromatic rings. The molecule has 1 atom stereocenters. The van der Waals surface area contributed by atoms with Crippen molar-refractivity contribution in [2.45, 2.75) is 20.0 Å². The highest BCUT2D eigenvalue weighted by atomic mass is 19.1. The van der Waals surface area contributed by atoms with Crippen LogP contribution in [0.4, 0.5) is 4.39 Å². The minimum Gasteiger partial charge on any atom is -0.489 e. The Hall–Kier alpha value is -2.43. The van der Waals surface area contributed by atoms with Crippen LogP contribution < -0.4 is 10.1 Å². The molecule has 21 heavy (non-hydrogen) atoms. The molecule has 0 bridgehead atoms. The van der Waals surface area contributed by atoms with E-state index in [0.717, 1.165) is 0 Å². The van der Waals surface area contributed by atoms with Gasteiger partial charge in [0.1, 0.15) is 17.7 Å². The van der Waals surface area contributed by atoms with Gasteiger partial charge in [0, 0.05) is 11.9 Å². The second-order valence-corrected chi connectivity index (χ2v) is 4.73. The molecular weight excluding hydrogens is 271 g/mol. The molecule has 0 unspecified atom stereocenters. The van der Waals surface area contributed by atoms with Crippen molar-refractivity contribution in [3.8, 4) is 5.75 Å². The van der Waals surface area contributed by atoms with Crippen LogP contribution in [0.2, 0.25) is 0 Å². The molecule has 0 aliphatic carbocycles. The molecule has 0 aliphatic heterocycles. The first-order valence-corrected chi connectivity index (χ1v) is 6.68. The molecule has 4 nitrogen and oxygen atoms in total. The van der Waals surface area contributed by atoms with E-state index in [4.69, 9.17) is 4.74 Å². The van der Waals surface area contributed by atoms with Crippen LogP contribution in [0.1, 0.15) is 23.0 Å². The van der Waals surface area contributed by atoms with Gasteiger partial charge < -0.3 is 10.1 Å². The van der Waals surface area contributed by atoms with Crippen molar-refractivity contribution in [1.29, 1.82) is 0 Å². The number of aromatic nitrogens is 1. The number of halogens is 1. The first-order valence-electron chi connectivity index (χ1n) is 6.68. The molecule has 0 aliphatic rings. The number of pyridine rings is 1. The third-order valence-electron chi connectivity index (χ3n) is 2.95. The number of nitrogens with zero attached hydrogens (tertiary/aromatic N) is 1. The van der Waals surface area contributed by atoms with Crippen molar-refractivity contribution in [3.05, 3.63) is 59.7 Å². The lowest BCUT2D eigenvalue weighted by atomic mass is 10.2. The van der Waals surface area contributed by atoms with Crippen LogP contribution in [0.25, 0.3) is 0 Å². The average Bonchev–Trinajstić information content (AvgIpc) is 2.48. The average molecular weight is 288 g/mol. The van der Waals surface area contributed by atoms with E-state index in [2.05, 4.69) is 10.3 Å². The summed E-state index contributed by atoms with van der Waals surface area (Å²) in [5.41, 5.74) is 1.23. The van der Waals surface area contributed by atoms with Gasteiger partial charge in [-0.15, -0.1) is 0 Å². The number of ether oxygens (including phenoxy) is 1. The van der Waals surface area contributed by atoms with Crippen LogP contribution in [-0.2, 0) is 0 Å². The number of hydrogen-bond donors (Lipinski definition) is 1. The van der Waals surface area contributed by atoms with E-state index in [0.29, 0.717) is 23.6 Å². The van der Waals surface area contributed by atoms with Gasteiger partial charge in [-0.2, -0.15) is 0 Å². The van der Waals surface area contributed by atoms with Crippen molar-refractivity contribution in [2.75, 3.05) is 6.54 Å². The highest BCUT2D eigenvalue weighted by Crippen LogP contribution is 2.12. The molecule has 0 saturated carbocycles. The quantitative estimate of drug-likeness (QED) is 0.920. The number of rotatable bonds is 5. The van der Waals surface area contributed by atoms with Gasteiger partial charge >= 0.3 is 0 Å². The second-order valence-electron chi connectivity index (χ2n) is 4.73. The summed E-state index contributed by atoms with van der Waals surface area (Å²) in [6.07, 6.45) is 1.42. The van der Waals surface area contributed by atoms with Gasteiger partial charge in [0.25, 0.3) is 5.91 Å². The molecule has 2 rings (SSSR count). The highest BCUT2D eigenvalue weighted by Gasteiger charge is 2.11. The van der Waals surface area contributed by atoms with E-state index < -0.39 is 0 Å².